The van der Waals surface area contributed by atoms with Gasteiger partial charge in [0.05, 0.1) is 7.11 Å². The maximum Gasteiger partial charge on any atom is 0.333 e. The Hall–Kier alpha value is -0.440. The van der Waals surface area contributed by atoms with E-state index in [4.69, 9.17) is 0 Å². The molecule has 0 bridgehead atoms. The van der Waals surface area contributed by atoms with Crippen LogP contribution in [0.1, 0.15) is 26.7 Å². The van der Waals surface area contributed by atoms with Crippen molar-refractivity contribution in [2.24, 2.45) is 0 Å². The number of methoxy groups -OCH3 is 1. The number of carbonyl (C=O) groups is 1. The van der Waals surface area contributed by atoms with E-state index in [0.29, 0.717) is 0 Å². The van der Waals surface area contributed by atoms with E-state index in [1.165, 1.54) is 13.5 Å². The molecule has 0 saturated carbocycles. The predicted molar refractivity (Wildman–Crippen MR) is 58.0 cm³/mol. The summed E-state index contributed by atoms with van der Waals surface area (Å²) in [4.78, 5) is 11.1. The third kappa shape index (κ3) is 5.75. The standard InChI is InChI=1S/C10H18O2S/c1-4-7-13-8-6-9(5-2)10(11)12-3/h6H,4-5,7-8H2,1-3H3. The zero-order valence-corrected chi connectivity index (χ0v) is 9.45. The number of rotatable bonds is 6. The summed E-state index contributed by atoms with van der Waals surface area (Å²) < 4.78 is 4.64. The Balaban J connectivity index is 3.85. The van der Waals surface area contributed by atoms with Crippen LogP contribution < -0.4 is 0 Å². The molecule has 0 aliphatic heterocycles. The Morgan fingerprint density at radius 1 is 1.46 bits per heavy atom. The lowest BCUT2D eigenvalue weighted by Crippen LogP contribution is -2.04. The monoisotopic (exact) mass is 202 g/mol. The molecule has 13 heavy (non-hydrogen) atoms. The molecular formula is C10H18O2S. The number of hydrogen-bond acceptors (Lipinski definition) is 3. The molecule has 3 heteroatoms. The molecule has 0 N–H and O–H groups in total. The molecular weight excluding hydrogens is 184 g/mol. The molecule has 0 unspecified atom stereocenters. The molecule has 0 aliphatic carbocycles. The number of carbonyl (C=O) groups excluding carboxylic acids is 1. The Labute approximate surface area is 84.7 Å². The quantitative estimate of drug-likeness (QED) is 0.376. The Morgan fingerprint density at radius 3 is 2.62 bits per heavy atom. The molecule has 0 aromatic heterocycles. The van der Waals surface area contributed by atoms with Gasteiger partial charge in [-0.1, -0.05) is 19.9 Å². The third-order valence-electron chi connectivity index (χ3n) is 1.62. The van der Waals surface area contributed by atoms with Gasteiger partial charge in [-0.2, -0.15) is 11.8 Å². The van der Waals surface area contributed by atoms with E-state index in [0.717, 1.165) is 23.5 Å². The smallest absolute Gasteiger partial charge is 0.333 e. The SMILES string of the molecule is CCCSCC=C(CC)C(=O)OC. The van der Waals surface area contributed by atoms with E-state index in [1.54, 1.807) is 0 Å². The minimum atomic E-state index is -0.195. The van der Waals surface area contributed by atoms with E-state index in [9.17, 15) is 4.79 Å². The molecule has 0 aliphatic rings. The average Bonchev–Trinajstić information content (AvgIpc) is 2.17. The lowest BCUT2D eigenvalue weighted by molar-refractivity contribution is -0.136. The molecule has 0 amide bonds. The summed E-state index contributed by atoms with van der Waals surface area (Å²) >= 11 is 1.84. The van der Waals surface area contributed by atoms with Crippen LogP contribution in [0.3, 0.4) is 0 Å². The first-order valence-corrected chi connectivity index (χ1v) is 5.76. The van der Waals surface area contributed by atoms with Crippen molar-refractivity contribution in [3.63, 3.8) is 0 Å². The van der Waals surface area contributed by atoms with E-state index in [2.05, 4.69) is 11.7 Å². The molecule has 0 spiro atoms. The molecule has 0 heterocycles. The highest BCUT2D eigenvalue weighted by Crippen LogP contribution is 2.08. The first kappa shape index (κ1) is 12.6. The first-order chi connectivity index (χ1) is 6.26. The summed E-state index contributed by atoms with van der Waals surface area (Å²) in [6.07, 6.45) is 3.89. The van der Waals surface area contributed by atoms with Crippen LogP contribution in [0.15, 0.2) is 11.6 Å². The second-order valence-corrected chi connectivity index (χ2v) is 3.80. The van der Waals surface area contributed by atoms with Gasteiger partial charge in [-0.05, 0) is 18.6 Å². The Kier molecular flexibility index (Phi) is 7.90. The van der Waals surface area contributed by atoms with Crippen LogP contribution in [0, 0.1) is 0 Å². The lowest BCUT2D eigenvalue weighted by Gasteiger charge is -2.01. The summed E-state index contributed by atoms with van der Waals surface area (Å²) in [7, 11) is 1.42. The molecule has 0 fully saturated rings. The fraction of sp³-hybridized carbons (Fsp3) is 0.700. The van der Waals surface area contributed by atoms with Crippen molar-refractivity contribution >= 4 is 17.7 Å². The van der Waals surface area contributed by atoms with E-state index < -0.39 is 0 Å². The van der Waals surface area contributed by atoms with Crippen LogP contribution in [0.4, 0.5) is 0 Å². The van der Waals surface area contributed by atoms with Crippen LogP contribution in [-0.2, 0) is 9.53 Å². The zero-order valence-electron chi connectivity index (χ0n) is 8.63. The van der Waals surface area contributed by atoms with Crippen molar-refractivity contribution in [1.29, 1.82) is 0 Å². The topological polar surface area (TPSA) is 26.3 Å². The van der Waals surface area contributed by atoms with Crippen LogP contribution in [0.25, 0.3) is 0 Å². The minimum absolute atomic E-state index is 0.195. The Morgan fingerprint density at radius 2 is 2.15 bits per heavy atom. The molecule has 0 saturated heterocycles. The Bertz CT molecular complexity index is 176. The van der Waals surface area contributed by atoms with E-state index >= 15 is 0 Å². The summed E-state index contributed by atoms with van der Waals surface area (Å²) in [5.41, 5.74) is 0.783. The van der Waals surface area contributed by atoms with Crippen molar-refractivity contribution in [2.45, 2.75) is 26.7 Å². The van der Waals surface area contributed by atoms with Gasteiger partial charge >= 0.3 is 5.97 Å². The van der Waals surface area contributed by atoms with Crippen molar-refractivity contribution in [1.82, 2.24) is 0 Å². The maximum atomic E-state index is 11.1. The fourth-order valence-electron chi connectivity index (χ4n) is 0.890. The highest BCUT2D eigenvalue weighted by atomic mass is 32.2. The van der Waals surface area contributed by atoms with Gasteiger partial charge in [0.2, 0.25) is 0 Å². The molecule has 0 aromatic carbocycles. The van der Waals surface area contributed by atoms with Gasteiger partial charge < -0.3 is 4.74 Å². The maximum absolute atomic E-state index is 11.1. The normalized spacial score (nSPS) is 11.5. The summed E-state index contributed by atoms with van der Waals surface area (Å²) in [6.45, 7) is 4.12. The van der Waals surface area contributed by atoms with Gasteiger partial charge in [0, 0.05) is 11.3 Å². The van der Waals surface area contributed by atoms with Crippen LogP contribution in [-0.4, -0.2) is 24.6 Å². The average molecular weight is 202 g/mol. The van der Waals surface area contributed by atoms with E-state index in [-0.39, 0.29) is 5.97 Å². The first-order valence-electron chi connectivity index (χ1n) is 4.61. The van der Waals surface area contributed by atoms with Gasteiger partial charge in [0.1, 0.15) is 0 Å². The minimum Gasteiger partial charge on any atom is -0.466 e. The molecule has 0 aromatic rings. The van der Waals surface area contributed by atoms with Crippen molar-refractivity contribution in [2.75, 3.05) is 18.6 Å². The molecule has 76 valence electrons. The third-order valence-corrected chi connectivity index (χ3v) is 2.72. The number of ether oxygens (including phenoxy) is 1. The van der Waals surface area contributed by atoms with Gasteiger partial charge in [0.25, 0.3) is 0 Å². The lowest BCUT2D eigenvalue weighted by atomic mass is 10.2. The number of hydrogen-bond donors (Lipinski definition) is 0. The van der Waals surface area contributed by atoms with Crippen molar-refractivity contribution in [3.8, 4) is 0 Å². The number of esters is 1. The molecule has 2 nitrogen and oxygen atoms in total. The summed E-state index contributed by atoms with van der Waals surface area (Å²) in [6, 6.07) is 0. The summed E-state index contributed by atoms with van der Waals surface area (Å²) in [5.74, 6) is 1.86. The highest BCUT2D eigenvalue weighted by molar-refractivity contribution is 7.99. The predicted octanol–water partition coefficient (Wildman–Crippen LogP) is 2.64. The van der Waals surface area contributed by atoms with Gasteiger partial charge in [-0.15, -0.1) is 0 Å². The van der Waals surface area contributed by atoms with Gasteiger partial charge in [-0.25, -0.2) is 4.79 Å². The zero-order chi connectivity index (χ0) is 10.1. The number of thioether (sulfide) groups is 1. The second kappa shape index (κ2) is 8.17. The van der Waals surface area contributed by atoms with Crippen LogP contribution >= 0.6 is 11.8 Å². The van der Waals surface area contributed by atoms with Gasteiger partial charge in [-0.3, -0.25) is 0 Å². The largest absolute Gasteiger partial charge is 0.466 e. The van der Waals surface area contributed by atoms with E-state index in [1.807, 2.05) is 24.8 Å². The van der Waals surface area contributed by atoms with Crippen molar-refractivity contribution < 1.29 is 9.53 Å². The van der Waals surface area contributed by atoms with Crippen LogP contribution in [0.2, 0.25) is 0 Å². The molecule has 0 radical (unpaired) electrons. The van der Waals surface area contributed by atoms with Gasteiger partial charge in [0.15, 0.2) is 0 Å². The molecule has 0 atom stereocenters. The second-order valence-electron chi connectivity index (χ2n) is 2.65. The molecule has 0 rings (SSSR count). The van der Waals surface area contributed by atoms with Crippen LogP contribution in [0.5, 0.6) is 0 Å². The highest BCUT2D eigenvalue weighted by Gasteiger charge is 2.05. The van der Waals surface area contributed by atoms with Crippen molar-refractivity contribution in [3.05, 3.63) is 11.6 Å². The fourth-order valence-corrected chi connectivity index (χ4v) is 1.66. The summed E-state index contributed by atoms with van der Waals surface area (Å²) in [5, 5.41) is 0.